The van der Waals surface area contributed by atoms with Crippen molar-refractivity contribution in [3.05, 3.63) is 58.1 Å². The molecule has 0 spiro atoms. The summed E-state index contributed by atoms with van der Waals surface area (Å²) in [7, 11) is 0. The number of carbonyl (C=O) groups is 1. The molecule has 0 amide bonds. The highest BCUT2D eigenvalue weighted by molar-refractivity contribution is 6.36. The molecule has 2 aromatic carbocycles. The van der Waals surface area contributed by atoms with E-state index in [0.29, 0.717) is 15.6 Å². The van der Waals surface area contributed by atoms with Gasteiger partial charge in [-0.3, -0.25) is 4.79 Å². The summed E-state index contributed by atoms with van der Waals surface area (Å²) in [5.74, 6) is 0.0388. The number of rotatable bonds is 2. The van der Waals surface area contributed by atoms with Crippen molar-refractivity contribution >= 4 is 29.0 Å². The molecule has 17 heavy (non-hydrogen) atoms. The molecule has 86 valence electrons. The van der Waals surface area contributed by atoms with Crippen LogP contribution in [0.25, 0.3) is 11.1 Å². The van der Waals surface area contributed by atoms with Crippen molar-refractivity contribution in [2.45, 2.75) is 6.92 Å². The van der Waals surface area contributed by atoms with Gasteiger partial charge in [0.15, 0.2) is 5.78 Å². The van der Waals surface area contributed by atoms with Gasteiger partial charge in [0.2, 0.25) is 0 Å². The Labute approximate surface area is 110 Å². The summed E-state index contributed by atoms with van der Waals surface area (Å²) < 4.78 is 0. The Morgan fingerprint density at radius 1 is 1.06 bits per heavy atom. The zero-order valence-corrected chi connectivity index (χ0v) is 10.7. The summed E-state index contributed by atoms with van der Waals surface area (Å²) in [6.07, 6.45) is 0. The van der Waals surface area contributed by atoms with Gasteiger partial charge >= 0.3 is 0 Å². The molecular weight excluding hydrogens is 255 g/mol. The first-order chi connectivity index (χ1) is 8.08. The molecule has 3 heteroatoms. The van der Waals surface area contributed by atoms with E-state index in [2.05, 4.69) is 0 Å². The van der Waals surface area contributed by atoms with E-state index >= 15 is 0 Å². The van der Waals surface area contributed by atoms with Crippen LogP contribution in [0, 0.1) is 0 Å². The molecule has 0 unspecified atom stereocenters. The normalized spacial score (nSPS) is 10.3. The van der Waals surface area contributed by atoms with Crippen LogP contribution in [0.15, 0.2) is 42.5 Å². The van der Waals surface area contributed by atoms with Gasteiger partial charge in [0.1, 0.15) is 0 Å². The van der Waals surface area contributed by atoms with Gasteiger partial charge < -0.3 is 0 Å². The smallest absolute Gasteiger partial charge is 0.159 e. The second kappa shape index (κ2) is 4.91. The van der Waals surface area contributed by atoms with Crippen LogP contribution < -0.4 is 0 Å². The van der Waals surface area contributed by atoms with Gasteiger partial charge in [-0.2, -0.15) is 0 Å². The van der Waals surface area contributed by atoms with Gasteiger partial charge in [-0.25, -0.2) is 0 Å². The van der Waals surface area contributed by atoms with Gasteiger partial charge in [0.25, 0.3) is 0 Å². The first-order valence-electron chi connectivity index (χ1n) is 5.14. The quantitative estimate of drug-likeness (QED) is 0.708. The lowest BCUT2D eigenvalue weighted by Gasteiger charge is -2.06. The molecule has 0 aromatic heterocycles. The van der Waals surface area contributed by atoms with Gasteiger partial charge in [0, 0.05) is 21.2 Å². The lowest BCUT2D eigenvalue weighted by atomic mass is 10.0. The standard InChI is InChI=1S/C14H10Cl2O/c1-9(17)10-3-2-4-11(7-10)13-6-5-12(15)8-14(13)16/h2-8H,1H3. The Balaban J connectivity index is 2.53. The number of halogens is 2. The zero-order valence-electron chi connectivity index (χ0n) is 9.21. The van der Waals surface area contributed by atoms with E-state index in [1.807, 2.05) is 24.3 Å². The molecule has 0 aliphatic rings. The average Bonchev–Trinajstić information content (AvgIpc) is 2.29. The SMILES string of the molecule is CC(=O)c1cccc(-c2ccc(Cl)cc2Cl)c1. The minimum atomic E-state index is 0.0388. The van der Waals surface area contributed by atoms with Crippen LogP contribution >= 0.6 is 23.2 Å². The van der Waals surface area contributed by atoms with E-state index in [4.69, 9.17) is 23.2 Å². The molecule has 0 saturated carbocycles. The van der Waals surface area contributed by atoms with Crippen LogP contribution in [-0.2, 0) is 0 Å². The van der Waals surface area contributed by atoms with E-state index in [1.165, 1.54) is 0 Å². The Kier molecular flexibility index (Phi) is 3.51. The molecule has 2 aromatic rings. The molecular formula is C14H10Cl2O. The summed E-state index contributed by atoms with van der Waals surface area (Å²) in [6, 6.07) is 12.7. The molecule has 0 bridgehead atoms. The van der Waals surface area contributed by atoms with Crippen LogP contribution in [0.1, 0.15) is 17.3 Å². The molecule has 0 fully saturated rings. The lowest BCUT2D eigenvalue weighted by molar-refractivity contribution is 0.101. The van der Waals surface area contributed by atoms with Crippen molar-refractivity contribution in [2.75, 3.05) is 0 Å². The molecule has 0 heterocycles. The summed E-state index contributed by atoms with van der Waals surface area (Å²) in [5, 5.41) is 1.18. The lowest BCUT2D eigenvalue weighted by Crippen LogP contribution is -1.91. The fourth-order valence-electron chi connectivity index (χ4n) is 1.63. The highest BCUT2D eigenvalue weighted by atomic mass is 35.5. The van der Waals surface area contributed by atoms with Crippen molar-refractivity contribution in [3.63, 3.8) is 0 Å². The number of ketones is 1. The molecule has 0 aliphatic heterocycles. The summed E-state index contributed by atoms with van der Waals surface area (Å²) >= 11 is 12.0. The van der Waals surface area contributed by atoms with Gasteiger partial charge in [-0.05, 0) is 30.7 Å². The third-order valence-corrected chi connectivity index (χ3v) is 3.06. The van der Waals surface area contributed by atoms with Crippen molar-refractivity contribution in [1.82, 2.24) is 0 Å². The zero-order chi connectivity index (χ0) is 12.4. The van der Waals surface area contributed by atoms with Gasteiger partial charge in [-0.15, -0.1) is 0 Å². The predicted octanol–water partition coefficient (Wildman–Crippen LogP) is 4.86. The van der Waals surface area contributed by atoms with Gasteiger partial charge in [0.05, 0.1) is 0 Å². The molecule has 1 nitrogen and oxygen atoms in total. The molecule has 0 atom stereocenters. The van der Waals surface area contributed by atoms with Crippen molar-refractivity contribution in [1.29, 1.82) is 0 Å². The minimum absolute atomic E-state index is 0.0388. The van der Waals surface area contributed by atoms with Crippen molar-refractivity contribution in [2.24, 2.45) is 0 Å². The van der Waals surface area contributed by atoms with Crippen LogP contribution in [-0.4, -0.2) is 5.78 Å². The van der Waals surface area contributed by atoms with E-state index in [1.54, 1.807) is 25.1 Å². The van der Waals surface area contributed by atoms with Crippen LogP contribution in [0.5, 0.6) is 0 Å². The number of hydrogen-bond acceptors (Lipinski definition) is 1. The Morgan fingerprint density at radius 2 is 1.82 bits per heavy atom. The number of carbonyl (C=O) groups excluding carboxylic acids is 1. The highest BCUT2D eigenvalue weighted by Gasteiger charge is 2.06. The predicted molar refractivity (Wildman–Crippen MR) is 71.9 cm³/mol. The summed E-state index contributed by atoms with van der Waals surface area (Å²) in [4.78, 5) is 11.3. The molecule has 0 N–H and O–H groups in total. The van der Waals surface area contributed by atoms with E-state index in [-0.39, 0.29) is 5.78 Å². The van der Waals surface area contributed by atoms with Crippen LogP contribution in [0.3, 0.4) is 0 Å². The van der Waals surface area contributed by atoms with Crippen molar-refractivity contribution in [3.8, 4) is 11.1 Å². The second-order valence-corrected chi connectivity index (χ2v) is 4.60. The topological polar surface area (TPSA) is 17.1 Å². The number of benzene rings is 2. The average molecular weight is 265 g/mol. The van der Waals surface area contributed by atoms with Gasteiger partial charge in [-0.1, -0.05) is 47.5 Å². The fraction of sp³-hybridized carbons (Fsp3) is 0.0714. The second-order valence-electron chi connectivity index (χ2n) is 3.76. The first kappa shape index (κ1) is 12.2. The van der Waals surface area contributed by atoms with Crippen LogP contribution in [0.2, 0.25) is 10.0 Å². The fourth-order valence-corrected chi connectivity index (χ4v) is 2.15. The Morgan fingerprint density at radius 3 is 2.47 bits per heavy atom. The highest BCUT2D eigenvalue weighted by Crippen LogP contribution is 2.30. The molecule has 0 radical (unpaired) electrons. The van der Waals surface area contributed by atoms with E-state index in [9.17, 15) is 4.79 Å². The Bertz CT molecular complexity index is 576. The largest absolute Gasteiger partial charge is 0.295 e. The molecule has 0 saturated heterocycles. The van der Waals surface area contributed by atoms with E-state index < -0.39 is 0 Å². The Hall–Kier alpha value is -1.31. The minimum Gasteiger partial charge on any atom is -0.295 e. The third kappa shape index (κ3) is 2.68. The molecule has 2 rings (SSSR count). The van der Waals surface area contributed by atoms with E-state index in [0.717, 1.165) is 11.1 Å². The number of hydrogen-bond donors (Lipinski definition) is 0. The molecule has 0 aliphatic carbocycles. The monoisotopic (exact) mass is 264 g/mol. The summed E-state index contributed by atoms with van der Waals surface area (Å²) in [5.41, 5.74) is 2.46. The first-order valence-corrected chi connectivity index (χ1v) is 5.90. The van der Waals surface area contributed by atoms with Crippen molar-refractivity contribution < 1.29 is 4.79 Å². The maximum Gasteiger partial charge on any atom is 0.159 e. The summed E-state index contributed by atoms with van der Waals surface area (Å²) in [6.45, 7) is 1.54. The maximum atomic E-state index is 11.3. The number of Topliss-reactive ketones (excluding diaryl/α,β-unsaturated/α-hetero) is 1. The third-order valence-electron chi connectivity index (χ3n) is 2.51. The maximum absolute atomic E-state index is 11.3. The van der Waals surface area contributed by atoms with Crippen LogP contribution in [0.4, 0.5) is 0 Å².